The molecule has 0 fully saturated rings. The molecule has 0 bridgehead atoms. The van der Waals surface area contributed by atoms with Gasteiger partial charge in [0.25, 0.3) is 0 Å². The van der Waals surface area contributed by atoms with E-state index in [1.54, 1.807) is 24.3 Å². The van der Waals surface area contributed by atoms with Gasteiger partial charge in [0.2, 0.25) is 0 Å². The molecule has 0 atom stereocenters. The molecule has 0 aliphatic rings. The second kappa shape index (κ2) is 3.36. The van der Waals surface area contributed by atoms with Gasteiger partial charge >= 0.3 is 6.26 Å². The summed E-state index contributed by atoms with van der Waals surface area (Å²) in [6, 6.07) is 8.81. The lowest BCUT2D eigenvalue weighted by atomic mass is 10.3. The fraction of sp³-hybridized carbons (Fsp3) is 0. The van der Waals surface area contributed by atoms with Gasteiger partial charge in [-0.25, -0.2) is 4.89 Å². The van der Waals surface area contributed by atoms with E-state index in [0.29, 0.717) is 5.75 Å². The standard InChI is InChI=1S/C7H5NO2/c8-6-9-10-7-4-2-1-3-5-7/h1-5H. The number of nitrogens with zero attached hydrogens (tertiary/aromatic N) is 1. The Kier molecular flexibility index (Phi) is 2.16. The van der Waals surface area contributed by atoms with Crippen molar-refractivity contribution in [3.63, 3.8) is 0 Å². The number of nitriles is 1. The van der Waals surface area contributed by atoms with Gasteiger partial charge in [0.05, 0.1) is 0 Å². The summed E-state index contributed by atoms with van der Waals surface area (Å²) < 4.78 is 0. The number of hydrogen-bond donors (Lipinski definition) is 0. The molecule has 0 saturated carbocycles. The predicted molar refractivity (Wildman–Crippen MR) is 33.8 cm³/mol. The van der Waals surface area contributed by atoms with Crippen molar-refractivity contribution in [2.45, 2.75) is 0 Å². The fourth-order valence-corrected chi connectivity index (χ4v) is 0.543. The molecule has 0 heterocycles. The number of rotatable bonds is 2. The highest BCUT2D eigenvalue weighted by Gasteiger charge is 1.88. The Hall–Kier alpha value is -1.69. The topological polar surface area (TPSA) is 42.2 Å². The minimum absolute atomic E-state index is 0.518. The summed E-state index contributed by atoms with van der Waals surface area (Å²) in [7, 11) is 0. The van der Waals surface area contributed by atoms with Gasteiger partial charge in [0.1, 0.15) is 0 Å². The van der Waals surface area contributed by atoms with Crippen molar-refractivity contribution in [1.82, 2.24) is 0 Å². The van der Waals surface area contributed by atoms with Crippen molar-refractivity contribution in [3.8, 4) is 12.0 Å². The van der Waals surface area contributed by atoms with Crippen LogP contribution in [0.4, 0.5) is 0 Å². The maximum atomic E-state index is 7.93. The zero-order valence-corrected chi connectivity index (χ0v) is 5.15. The Morgan fingerprint density at radius 3 is 2.50 bits per heavy atom. The van der Waals surface area contributed by atoms with Crippen LogP contribution in [0.2, 0.25) is 0 Å². The minimum Gasteiger partial charge on any atom is -0.279 e. The first-order valence-electron chi connectivity index (χ1n) is 2.71. The third kappa shape index (κ3) is 1.67. The van der Waals surface area contributed by atoms with Crippen LogP contribution in [-0.2, 0) is 4.89 Å². The molecule has 1 aromatic rings. The summed E-state index contributed by atoms with van der Waals surface area (Å²) >= 11 is 0. The van der Waals surface area contributed by atoms with Gasteiger partial charge in [-0.3, -0.25) is 4.89 Å². The van der Waals surface area contributed by atoms with Crippen LogP contribution in [0.15, 0.2) is 30.3 Å². The molecule has 1 aromatic carbocycles. The van der Waals surface area contributed by atoms with Crippen molar-refractivity contribution >= 4 is 0 Å². The first-order chi connectivity index (χ1) is 4.93. The second-order valence-electron chi connectivity index (χ2n) is 1.57. The van der Waals surface area contributed by atoms with E-state index in [1.807, 2.05) is 6.07 Å². The lowest BCUT2D eigenvalue weighted by Crippen LogP contribution is -1.88. The Bertz CT molecular complexity index is 227. The summed E-state index contributed by atoms with van der Waals surface area (Å²) in [5, 5.41) is 7.93. The van der Waals surface area contributed by atoms with Crippen molar-refractivity contribution in [1.29, 1.82) is 5.26 Å². The van der Waals surface area contributed by atoms with Crippen LogP contribution in [0.1, 0.15) is 0 Å². The lowest BCUT2D eigenvalue weighted by molar-refractivity contribution is -0.136. The molecule has 0 spiro atoms. The van der Waals surface area contributed by atoms with Gasteiger partial charge in [-0.2, -0.15) is 0 Å². The van der Waals surface area contributed by atoms with Crippen molar-refractivity contribution in [2.24, 2.45) is 0 Å². The van der Waals surface area contributed by atoms with E-state index in [1.165, 1.54) is 6.26 Å². The van der Waals surface area contributed by atoms with E-state index >= 15 is 0 Å². The van der Waals surface area contributed by atoms with E-state index in [9.17, 15) is 0 Å². The van der Waals surface area contributed by atoms with E-state index < -0.39 is 0 Å². The third-order valence-corrected chi connectivity index (χ3v) is 0.918. The highest BCUT2D eigenvalue weighted by atomic mass is 17.2. The molecular weight excluding hydrogens is 130 g/mol. The highest BCUT2D eigenvalue weighted by Crippen LogP contribution is 2.07. The van der Waals surface area contributed by atoms with E-state index in [4.69, 9.17) is 5.26 Å². The van der Waals surface area contributed by atoms with Crippen molar-refractivity contribution in [3.05, 3.63) is 30.3 Å². The van der Waals surface area contributed by atoms with Gasteiger partial charge < -0.3 is 0 Å². The Balaban J connectivity index is 2.52. The molecule has 0 aromatic heterocycles. The van der Waals surface area contributed by atoms with E-state index in [2.05, 4.69) is 9.78 Å². The van der Waals surface area contributed by atoms with Gasteiger partial charge in [0.15, 0.2) is 5.75 Å². The zero-order chi connectivity index (χ0) is 7.23. The fourth-order valence-electron chi connectivity index (χ4n) is 0.543. The molecule has 0 radical (unpaired) electrons. The van der Waals surface area contributed by atoms with Gasteiger partial charge in [-0.05, 0) is 12.1 Å². The molecule has 1 rings (SSSR count). The maximum absolute atomic E-state index is 7.93. The van der Waals surface area contributed by atoms with Gasteiger partial charge in [-0.15, -0.1) is 5.26 Å². The average molecular weight is 135 g/mol. The third-order valence-electron chi connectivity index (χ3n) is 0.918. The van der Waals surface area contributed by atoms with E-state index in [-0.39, 0.29) is 0 Å². The van der Waals surface area contributed by atoms with Crippen LogP contribution in [-0.4, -0.2) is 0 Å². The second-order valence-corrected chi connectivity index (χ2v) is 1.57. The first kappa shape index (κ1) is 6.43. The van der Waals surface area contributed by atoms with Gasteiger partial charge in [-0.1, -0.05) is 18.2 Å². The Labute approximate surface area is 58.3 Å². The molecule has 0 aliphatic heterocycles. The van der Waals surface area contributed by atoms with Crippen molar-refractivity contribution in [2.75, 3.05) is 0 Å². The van der Waals surface area contributed by atoms with Gasteiger partial charge in [0, 0.05) is 0 Å². The van der Waals surface area contributed by atoms with Crippen LogP contribution in [0.3, 0.4) is 0 Å². The molecule has 50 valence electrons. The van der Waals surface area contributed by atoms with E-state index in [0.717, 1.165) is 0 Å². The molecule has 3 heteroatoms. The van der Waals surface area contributed by atoms with Crippen LogP contribution in [0, 0.1) is 11.5 Å². The summed E-state index contributed by atoms with van der Waals surface area (Å²) in [5.74, 6) is 0.518. The normalized spacial score (nSPS) is 7.90. The number of hydrogen-bond acceptors (Lipinski definition) is 3. The summed E-state index contributed by atoms with van der Waals surface area (Å²) in [6.07, 6.45) is 1.39. The largest absolute Gasteiger partial charge is 0.338 e. The molecule has 0 saturated heterocycles. The predicted octanol–water partition coefficient (Wildman–Crippen LogP) is 1.48. The molecular formula is C7H5NO2. The van der Waals surface area contributed by atoms with Crippen LogP contribution in [0.5, 0.6) is 5.75 Å². The number of para-hydroxylation sites is 1. The maximum Gasteiger partial charge on any atom is 0.338 e. The summed E-state index contributed by atoms with van der Waals surface area (Å²) in [4.78, 5) is 8.52. The smallest absolute Gasteiger partial charge is 0.279 e. The quantitative estimate of drug-likeness (QED) is 0.350. The number of benzene rings is 1. The Morgan fingerprint density at radius 1 is 1.20 bits per heavy atom. The Morgan fingerprint density at radius 2 is 1.90 bits per heavy atom. The monoisotopic (exact) mass is 135 g/mol. The lowest BCUT2D eigenvalue weighted by Gasteiger charge is -1.94. The first-order valence-corrected chi connectivity index (χ1v) is 2.71. The molecule has 0 N–H and O–H groups in total. The zero-order valence-electron chi connectivity index (χ0n) is 5.15. The minimum atomic E-state index is 0.518. The molecule has 10 heavy (non-hydrogen) atoms. The van der Waals surface area contributed by atoms with Crippen LogP contribution < -0.4 is 4.89 Å². The molecule has 0 amide bonds. The molecule has 0 unspecified atom stereocenters. The SMILES string of the molecule is N#COOc1ccccc1. The summed E-state index contributed by atoms with van der Waals surface area (Å²) in [5.41, 5.74) is 0. The summed E-state index contributed by atoms with van der Waals surface area (Å²) in [6.45, 7) is 0. The van der Waals surface area contributed by atoms with Crippen LogP contribution >= 0.6 is 0 Å². The highest BCUT2D eigenvalue weighted by molar-refractivity contribution is 5.20. The molecule has 3 nitrogen and oxygen atoms in total. The molecule has 0 aliphatic carbocycles. The van der Waals surface area contributed by atoms with Crippen LogP contribution in [0.25, 0.3) is 0 Å². The van der Waals surface area contributed by atoms with Crippen molar-refractivity contribution < 1.29 is 9.78 Å². The average Bonchev–Trinajstić information content (AvgIpc) is 2.03.